The summed E-state index contributed by atoms with van der Waals surface area (Å²) in [5.74, 6) is 1.57. The molecule has 0 atom stereocenters. The number of benzene rings is 2. The van der Waals surface area contributed by atoms with E-state index in [1.807, 2.05) is 0 Å². The molecule has 2 aromatic carbocycles. The van der Waals surface area contributed by atoms with Gasteiger partial charge in [0.05, 0.1) is 0 Å². The highest BCUT2D eigenvalue weighted by Crippen LogP contribution is 2.36. The Kier molecular flexibility index (Phi) is 4.77. The molecule has 1 fully saturated rings. The maximum Gasteiger partial charge on any atom is 0 e. The van der Waals surface area contributed by atoms with E-state index in [0.29, 0.717) is 0 Å². The molecular formula is C22H28. The Morgan fingerprint density at radius 1 is 0.818 bits per heavy atom. The largest absolute Gasteiger partial charge is 0.0914 e. The third kappa shape index (κ3) is 3.50. The molecule has 0 radical (unpaired) electrons. The maximum atomic E-state index is 2.39. The predicted octanol–water partition coefficient (Wildman–Crippen LogP) is 6.76. The smallest absolute Gasteiger partial charge is 0 e. The molecule has 116 valence electrons. The van der Waals surface area contributed by atoms with Gasteiger partial charge in [0.1, 0.15) is 0 Å². The lowest BCUT2D eigenvalue weighted by Gasteiger charge is -2.27. The quantitative estimate of drug-likeness (QED) is 0.548. The first kappa shape index (κ1) is 15.1. The van der Waals surface area contributed by atoms with E-state index < -0.39 is 0 Å². The second kappa shape index (κ2) is 6.96. The van der Waals surface area contributed by atoms with Crippen LogP contribution in [0.15, 0.2) is 60.7 Å². The lowest BCUT2D eigenvalue weighted by Crippen LogP contribution is -2.11. The summed E-state index contributed by atoms with van der Waals surface area (Å²) in [5, 5.41) is 0. The molecule has 1 saturated carbocycles. The molecule has 2 aromatic rings. The Morgan fingerprint density at radius 3 is 1.91 bits per heavy atom. The van der Waals surface area contributed by atoms with E-state index in [1.165, 1.54) is 47.9 Å². The van der Waals surface area contributed by atoms with Crippen LogP contribution in [0.5, 0.6) is 0 Å². The second-order valence-corrected chi connectivity index (χ2v) is 6.63. The van der Waals surface area contributed by atoms with Crippen molar-refractivity contribution in [2.24, 2.45) is 5.92 Å². The van der Waals surface area contributed by atoms with Gasteiger partial charge < -0.3 is 0 Å². The fourth-order valence-electron chi connectivity index (χ4n) is 3.61. The molecule has 0 nitrogen and oxygen atoms in total. The Labute approximate surface area is 136 Å². The van der Waals surface area contributed by atoms with Gasteiger partial charge in [0.15, 0.2) is 0 Å². The van der Waals surface area contributed by atoms with Crippen molar-refractivity contribution in [3.05, 3.63) is 71.8 Å². The van der Waals surface area contributed by atoms with E-state index in [4.69, 9.17) is 0 Å². The zero-order valence-electron chi connectivity index (χ0n) is 13.8. The molecule has 0 unspecified atom stereocenters. The molecule has 22 heavy (non-hydrogen) atoms. The first-order chi connectivity index (χ1) is 10.8. The van der Waals surface area contributed by atoms with Gasteiger partial charge in [-0.2, -0.15) is 0 Å². The third-order valence-electron chi connectivity index (χ3n) is 5.00. The van der Waals surface area contributed by atoms with Crippen LogP contribution in [0.2, 0.25) is 0 Å². The molecule has 0 aromatic heterocycles. The molecule has 1 aliphatic carbocycles. The summed E-state index contributed by atoms with van der Waals surface area (Å²) < 4.78 is 0. The van der Waals surface area contributed by atoms with Crippen LogP contribution in [0.3, 0.4) is 0 Å². The molecule has 0 aliphatic heterocycles. The van der Waals surface area contributed by atoms with Crippen LogP contribution in [0.4, 0.5) is 0 Å². The fraction of sp³-hybridized carbons (Fsp3) is 0.364. The minimum Gasteiger partial charge on any atom is -0.0914 e. The normalized spacial score (nSPS) is 22.1. The highest BCUT2D eigenvalue weighted by atomic mass is 14.3. The molecule has 1 aliphatic rings. The molecule has 0 amide bonds. The number of hydrogen-bond donors (Lipinski definition) is 0. The summed E-state index contributed by atoms with van der Waals surface area (Å²) in [6.45, 7) is 4.27. The van der Waals surface area contributed by atoms with Gasteiger partial charge in [-0.25, -0.2) is 0 Å². The number of allylic oxidation sites excluding steroid dienone is 2. The summed E-state index contributed by atoms with van der Waals surface area (Å²) >= 11 is 0. The van der Waals surface area contributed by atoms with E-state index in [2.05, 4.69) is 74.5 Å². The summed E-state index contributed by atoms with van der Waals surface area (Å²) in [6.07, 6.45) is 9.94. The molecule has 0 heteroatoms. The first-order valence-corrected chi connectivity index (χ1v) is 8.56. The molecule has 0 saturated heterocycles. The highest BCUT2D eigenvalue weighted by Gasteiger charge is 2.20. The fourth-order valence-corrected chi connectivity index (χ4v) is 3.61. The van der Waals surface area contributed by atoms with Crippen LogP contribution < -0.4 is 0 Å². The molecule has 0 bridgehead atoms. The van der Waals surface area contributed by atoms with Gasteiger partial charge in [-0.05, 0) is 68.1 Å². The Bertz CT molecular complexity index is 614. The van der Waals surface area contributed by atoms with Crippen molar-refractivity contribution in [1.82, 2.24) is 0 Å². The lowest BCUT2D eigenvalue weighted by molar-refractivity contribution is 0.376. The van der Waals surface area contributed by atoms with Crippen molar-refractivity contribution >= 4 is 0 Å². The zero-order chi connectivity index (χ0) is 15.4. The monoisotopic (exact) mass is 292 g/mol. The maximum absolute atomic E-state index is 2.39. The standard InChI is InChI=1S/C22H26.H2/c1-3-4-18-7-11-20(12-8-18)22-15-13-21(14-16-22)19-9-5-17(2)6-10-19;/h3-6,9-10,13-16,18,20H,7-8,11-12H2,1-2H3;1H/b4-3+;. The predicted molar refractivity (Wildman–Crippen MR) is 98.2 cm³/mol. The topological polar surface area (TPSA) is 0 Å². The van der Waals surface area contributed by atoms with Crippen LogP contribution in [0, 0.1) is 12.8 Å². The van der Waals surface area contributed by atoms with Crippen molar-refractivity contribution in [2.45, 2.75) is 45.4 Å². The molecule has 0 spiro atoms. The van der Waals surface area contributed by atoms with Gasteiger partial charge in [-0.15, -0.1) is 0 Å². The van der Waals surface area contributed by atoms with Crippen LogP contribution in [-0.2, 0) is 0 Å². The average Bonchev–Trinajstić information content (AvgIpc) is 2.57. The van der Waals surface area contributed by atoms with Gasteiger partial charge in [0, 0.05) is 1.43 Å². The Balaban J connectivity index is 0.00000192. The van der Waals surface area contributed by atoms with Crippen molar-refractivity contribution in [3.63, 3.8) is 0 Å². The van der Waals surface area contributed by atoms with Crippen molar-refractivity contribution in [3.8, 4) is 11.1 Å². The highest BCUT2D eigenvalue weighted by molar-refractivity contribution is 5.64. The van der Waals surface area contributed by atoms with E-state index in [0.717, 1.165) is 11.8 Å². The van der Waals surface area contributed by atoms with Gasteiger partial charge >= 0.3 is 0 Å². The van der Waals surface area contributed by atoms with Gasteiger partial charge in [-0.1, -0.05) is 66.2 Å². The average molecular weight is 292 g/mol. The number of hydrogen-bond acceptors (Lipinski definition) is 0. The minimum absolute atomic E-state index is 0. The zero-order valence-corrected chi connectivity index (χ0v) is 13.8. The van der Waals surface area contributed by atoms with E-state index in [-0.39, 0.29) is 1.43 Å². The van der Waals surface area contributed by atoms with E-state index in [9.17, 15) is 0 Å². The van der Waals surface area contributed by atoms with Gasteiger partial charge in [0.2, 0.25) is 0 Å². The summed E-state index contributed by atoms with van der Waals surface area (Å²) in [7, 11) is 0. The third-order valence-corrected chi connectivity index (χ3v) is 5.00. The van der Waals surface area contributed by atoms with E-state index in [1.54, 1.807) is 0 Å². The van der Waals surface area contributed by atoms with Crippen LogP contribution in [0.1, 0.15) is 51.1 Å². The van der Waals surface area contributed by atoms with Crippen molar-refractivity contribution in [2.75, 3.05) is 0 Å². The van der Waals surface area contributed by atoms with Crippen LogP contribution >= 0.6 is 0 Å². The summed E-state index contributed by atoms with van der Waals surface area (Å²) in [4.78, 5) is 0. The molecule has 0 N–H and O–H groups in total. The minimum atomic E-state index is 0. The van der Waals surface area contributed by atoms with Crippen LogP contribution in [-0.4, -0.2) is 0 Å². The van der Waals surface area contributed by atoms with Crippen molar-refractivity contribution < 1.29 is 1.43 Å². The summed E-state index contributed by atoms with van der Waals surface area (Å²) in [5.41, 5.74) is 5.48. The van der Waals surface area contributed by atoms with Gasteiger partial charge in [-0.3, -0.25) is 0 Å². The summed E-state index contributed by atoms with van der Waals surface area (Å²) in [6, 6.07) is 18.1. The molecular weight excluding hydrogens is 264 g/mol. The second-order valence-electron chi connectivity index (χ2n) is 6.63. The first-order valence-electron chi connectivity index (χ1n) is 8.56. The van der Waals surface area contributed by atoms with Gasteiger partial charge in [0.25, 0.3) is 0 Å². The SMILES string of the molecule is C/C=C/C1CCC(c2ccc(-c3ccc(C)cc3)cc2)CC1.[HH]. The number of rotatable bonds is 3. The Hall–Kier alpha value is -1.82. The number of aryl methyl sites for hydroxylation is 1. The molecule has 0 heterocycles. The van der Waals surface area contributed by atoms with Crippen molar-refractivity contribution in [1.29, 1.82) is 0 Å². The van der Waals surface area contributed by atoms with E-state index >= 15 is 0 Å². The molecule has 3 rings (SSSR count). The van der Waals surface area contributed by atoms with Crippen LogP contribution in [0.25, 0.3) is 11.1 Å². The lowest BCUT2D eigenvalue weighted by atomic mass is 9.78. The Morgan fingerprint density at radius 2 is 1.36 bits per heavy atom.